The van der Waals surface area contributed by atoms with Crippen LogP contribution < -0.4 is 5.73 Å². The molecule has 0 aliphatic rings. The van der Waals surface area contributed by atoms with Gasteiger partial charge in [0.15, 0.2) is 0 Å². The number of halogens is 2. The molecule has 1 atom stereocenters. The van der Waals surface area contributed by atoms with Crippen LogP contribution in [0.4, 0.5) is 0 Å². The summed E-state index contributed by atoms with van der Waals surface area (Å²) in [4.78, 5) is 2.45. The lowest BCUT2D eigenvalue weighted by atomic mass is 10.0. The molecule has 4 heteroatoms. The molecule has 0 saturated heterocycles. The van der Waals surface area contributed by atoms with Gasteiger partial charge < -0.3 is 5.73 Å². The van der Waals surface area contributed by atoms with Crippen LogP contribution in [0.3, 0.4) is 0 Å². The van der Waals surface area contributed by atoms with Gasteiger partial charge in [0.2, 0.25) is 0 Å². The van der Waals surface area contributed by atoms with E-state index in [9.17, 15) is 0 Å². The van der Waals surface area contributed by atoms with Gasteiger partial charge in [-0.05, 0) is 59.1 Å². The maximum absolute atomic E-state index is 6.33. The lowest BCUT2D eigenvalue weighted by molar-refractivity contribution is 0.886. The maximum Gasteiger partial charge on any atom is 0.0658 e. The average Bonchev–Trinajstić information content (AvgIpc) is 2.55. The Morgan fingerprint density at radius 1 is 1.12 bits per heavy atom. The summed E-state index contributed by atoms with van der Waals surface area (Å²) in [6.45, 7) is 4.17. The van der Waals surface area contributed by atoms with Crippen LogP contribution in [0, 0.1) is 13.8 Å². The fourth-order valence-electron chi connectivity index (χ4n) is 1.81. The van der Waals surface area contributed by atoms with Crippen molar-refractivity contribution >= 4 is 43.2 Å². The molecular formula is C13H13Br2NS. The Hall–Kier alpha value is -0.160. The average molecular weight is 375 g/mol. The van der Waals surface area contributed by atoms with E-state index in [1.165, 1.54) is 15.3 Å². The molecule has 1 unspecified atom stereocenters. The van der Waals surface area contributed by atoms with Gasteiger partial charge in [0, 0.05) is 18.7 Å². The van der Waals surface area contributed by atoms with Crippen LogP contribution in [-0.2, 0) is 0 Å². The second kappa shape index (κ2) is 5.22. The first-order valence-electron chi connectivity index (χ1n) is 5.26. The van der Waals surface area contributed by atoms with E-state index in [-0.39, 0.29) is 6.04 Å². The van der Waals surface area contributed by atoms with Crippen LogP contribution in [0.1, 0.15) is 26.9 Å². The van der Waals surface area contributed by atoms with E-state index in [1.807, 2.05) is 0 Å². The number of nitrogens with two attached hydrogens (primary N) is 1. The first-order valence-corrected chi connectivity index (χ1v) is 7.66. The van der Waals surface area contributed by atoms with Crippen LogP contribution in [0.15, 0.2) is 33.2 Å². The van der Waals surface area contributed by atoms with Gasteiger partial charge in [0.05, 0.1) is 6.04 Å². The van der Waals surface area contributed by atoms with Gasteiger partial charge in [0.25, 0.3) is 0 Å². The molecule has 0 amide bonds. The van der Waals surface area contributed by atoms with Crippen molar-refractivity contribution in [3.8, 4) is 0 Å². The third-order valence-corrected chi connectivity index (χ3v) is 5.05. The molecule has 0 radical (unpaired) electrons. The molecule has 1 nitrogen and oxygen atoms in total. The molecule has 0 fully saturated rings. The lowest BCUT2D eigenvalue weighted by Crippen LogP contribution is -2.11. The smallest absolute Gasteiger partial charge is 0.0658 e. The van der Waals surface area contributed by atoms with Gasteiger partial charge in [-0.25, -0.2) is 0 Å². The minimum atomic E-state index is -0.0701. The molecule has 0 aliphatic carbocycles. The molecule has 0 aliphatic heterocycles. The van der Waals surface area contributed by atoms with E-state index in [4.69, 9.17) is 5.73 Å². The lowest BCUT2D eigenvalue weighted by Gasteiger charge is -2.12. The number of hydrogen-bond acceptors (Lipinski definition) is 2. The Morgan fingerprint density at radius 2 is 1.82 bits per heavy atom. The first-order chi connectivity index (χ1) is 7.97. The van der Waals surface area contributed by atoms with Gasteiger partial charge in [-0.15, -0.1) is 11.3 Å². The minimum absolute atomic E-state index is 0.0701. The molecular weight excluding hydrogens is 362 g/mol. The number of thiophene rings is 1. The van der Waals surface area contributed by atoms with Gasteiger partial charge in [0.1, 0.15) is 0 Å². The standard InChI is InChI=1S/C13H13Br2NS/c1-7-3-9(6-10(14)4-7)12(16)13-11(15)5-8(2)17-13/h3-6,12H,16H2,1-2H3. The molecule has 1 aromatic heterocycles. The summed E-state index contributed by atoms with van der Waals surface area (Å²) in [5.74, 6) is 0. The molecule has 2 N–H and O–H groups in total. The molecule has 0 spiro atoms. The van der Waals surface area contributed by atoms with Crippen molar-refractivity contribution in [2.24, 2.45) is 5.73 Å². The molecule has 1 aromatic carbocycles. The molecule has 90 valence electrons. The summed E-state index contributed by atoms with van der Waals surface area (Å²) in [5.41, 5.74) is 8.68. The quantitative estimate of drug-likeness (QED) is 0.791. The highest BCUT2D eigenvalue weighted by molar-refractivity contribution is 9.10. The third-order valence-electron chi connectivity index (χ3n) is 2.54. The van der Waals surface area contributed by atoms with E-state index < -0.39 is 0 Å². The Labute approximate surface area is 122 Å². The molecule has 2 aromatic rings. The first kappa shape index (κ1) is 13.3. The van der Waals surface area contributed by atoms with Crippen LogP contribution in [0.5, 0.6) is 0 Å². The second-order valence-electron chi connectivity index (χ2n) is 4.11. The Bertz CT molecular complexity index is 528. The number of hydrogen-bond donors (Lipinski definition) is 1. The summed E-state index contributed by atoms with van der Waals surface area (Å²) >= 11 is 8.83. The van der Waals surface area contributed by atoms with Gasteiger partial charge >= 0.3 is 0 Å². The predicted molar refractivity (Wildman–Crippen MR) is 81.7 cm³/mol. The summed E-state index contributed by atoms with van der Waals surface area (Å²) in [6.07, 6.45) is 0. The van der Waals surface area contributed by atoms with E-state index in [2.05, 4.69) is 70.0 Å². The molecule has 1 heterocycles. The van der Waals surface area contributed by atoms with Crippen molar-refractivity contribution in [2.45, 2.75) is 19.9 Å². The zero-order chi connectivity index (χ0) is 12.6. The van der Waals surface area contributed by atoms with Crippen molar-refractivity contribution in [3.63, 3.8) is 0 Å². The number of rotatable bonds is 2. The number of aryl methyl sites for hydroxylation is 2. The zero-order valence-corrected chi connectivity index (χ0v) is 13.6. The minimum Gasteiger partial charge on any atom is -0.320 e. The van der Waals surface area contributed by atoms with Crippen LogP contribution in [0.2, 0.25) is 0 Å². The molecule has 0 saturated carbocycles. The fraction of sp³-hybridized carbons (Fsp3) is 0.231. The monoisotopic (exact) mass is 373 g/mol. The van der Waals surface area contributed by atoms with E-state index >= 15 is 0 Å². The van der Waals surface area contributed by atoms with Gasteiger partial charge in [-0.1, -0.05) is 22.0 Å². The van der Waals surface area contributed by atoms with E-state index in [0.717, 1.165) is 14.5 Å². The second-order valence-corrected chi connectivity index (χ2v) is 7.17. The van der Waals surface area contributed by atoms with Crippen LogP contribution >= 0.6 is 43.2 Å². The van der Waals surface area contributed by atoms with Crippen molar-refractivity contribution in [2.75, 3.05) is 0 Å². The SMILES string of the molecule is Cc1cc(Br)cc(C(N)c2sc(C)cc2Br)c1. The zero-order valence-electron chi connectivity index (χ0n) is 9.63. The number of benzene rings is 1. The Balaban J connectivity index is 2.43. The van der Waals surface area contributed by atoms with Crippen molar-refractivity contribution in [1.82, 2.24) is 0 Å². The van der Waals surface area contributed by atoms with Crippen molar-refractivity contribution in [1.29, 1.82) is 0 Å². The van der Waals surface area contributed by atoms with E-state index in [0.29, 0.717) is 0 Å². The maximum atomic E-state index is 6.33. The highest BCUT2D eigenvalue weighted by Gasteiger charge is 2.15. The Kier molecular flexibility index (Phi) is 4.08. The summed E-state index contributed by atoms with van der Waals surface area (Å²) in [6, 6.07) is 8.35. The van der Waals surface area contributed by atoms with Crippen LogP contribution in [0.25, 0.3) is 0 Å². The summed E-state index contributed by atoms with van der Waals surface area (Å²) < 4.78 is 2.18. The highest BCUT2D eigenvalue weighted by atomic mass is 79.9. The van der Waals surface area contributed by atoms with Crippen molar-refractivity contribution < 1.29 is 0 Å². The molecule has 17 heavy (non-hydrogen) atoms. The molecule has 0 bridgehead atoms. The van der Waals surface area contributed by atoms with E-state index in [1.54, 1.807) is 11.3 Å². The largest absolute Gasteiger partial charge is 0.320 e. The van der Waals surface area contributed by atoms with Crippen LogP contribution in [-0.4, -0.2) is 0 Å². The topological polar surface area (TPSA) is 26.0 Å². The molecule has 2 rings (SSSR count). The Morgan fingerprint density at radius 3 is 2.35 bits per heavy atom. The highest BCUT2D eigenvalue weighted by Crippen LogP contribution is 2.35. The van der Waals surface area contributed by atoms with Gasteiger partial charge in [-0.3, -0.25) is 0 Å². The predicted octanol–water partition coefficient (Wildman–Crippen LogP) is 4.94. The summed E-state index contributed by atoms with van der Waals surface area (Å²) in [7, 11) is 0. The fourth-order valence-corrected chi connectivity index (χ4v) is 4.36. The normalized spacial score (nSPS) is 12.8. The summed E-state index contributed by atoms with van der Waals surface area (Å²) in [5, 5.41) is 0. The third kappa shape index (κ3) is 2.99. The van der Waals surface area contributed by atoms with Crippen molar-refractivity contribution in [3.05, 3.63) is 54.1 Å². The van der Waals surface area contributed by atoms with Gasteiger partial charge in [-0.2, -0.15) is 0 Å².